The monoisotopic (exact) mass is 224 g/mol. The number of rotatable bonds is 3. The Kier molecular flexibility index (Phi) is 3.70. The summed E-state index contributed by atoms with van der Waals surface area (Å²) in [5, 5.41) is 6.94. The van der Waals surface area contributed by atoms with Crippen LogP contribution in [-0.4, -0.2) is 21.7 Å². The van der Waals surface area contributed by atoms with Gasteiger partial charge in [0.2, 0.25) is 5.91 Å². The number of hydrogen-bond donors (Lipinski definition) is 2. The maximum Gasteiger partial charge on any atom is 0.237 e. The normalized spacial score (nSPS) is 13.6. The van der Waals surface area contributed by atoms with E-state index < -0.39 is 6.04 Å². The van der Waals surface area contributed by atoms with Crippen LogP contribution in [0.15, 0.2) is 12.3 Å². The molecule has 0 aliphatic rings. The van der Waals surface area contributed by atoms with Gasteiger partial charge in [0.1, 0.15) is 0 Å². The zero-order valence-electron chi connectivity index (χ0n) is 10.3. The van der Waals surface area contributed by atoms with Crippen molar-refractivity contribution in [3.63, 3.8) is 0 Å². The summed E-state index contributed by atoms with van der Waals surface area (Å²) in [6, 6.07) is 1.36. The second-order valence-corrected chi connectivity index (χ2v) is 5.04. The third-order valence-electron chi connectivity index (χ3n) is 2.43. The molecule has 3 N–H and O–H groups in total. The van der Waals surface area contributed by atoms with Crippen molar-refractivity contribution in [2.75, 3.05) is 0 Å². The summed E-state index contributed by atoms with van der Waals surface area (Å²) in [5.74, 6) is -0.141. The van der Waals surface area contributed by atoms with Gasteiger partial charge < -0.3 is 11.1 Å². The molecule has 1 rings (SSSR count). The summed E-state index contributed by atoms with van der Waals surface area (Å²) in [4.78, 5) is 11.7. The van der Waals surface area contributed by atoms with Crippen LogP contribution < -0.4 is 11.1 Å². The number of carbonyl (C=O) groups is 1. The Hall–Kier alpha value is -1.36. The average molecular weight is 224 g/mol. The minimum atomic E-state index is -0.504. The topological polar surface area (TPSA) is 72.9 Å². The fourth-order valence-electron chi connectivity index (χ4n) is 1.24. The van der Waals surface area contributed by atoms with Gasteiger partial charge in [-0.15, -0.1) is 0 Å². The Balaban J connectivity index is 2.47. The van der Waals surface area contributed by atoms with E-state index in [4.69, 9.17) is 5.73 Å². The van der Waals surface area contributed by atoms with Gasteiger partial charge in [-0.1, -0.05) is 20.8 Å². The van der Waals surface area contributed by atoms with Crippen LogP contribution in [0.4, 0.5) is 0 Å². The Bertz CT molecular complexity index is 364. The second-order valence-electron chi connectivity index (χ2n) is 5.04. The molecule has 1 aromatic heterocycles. The van der Waals surface area contributed by atoms with Crippen molar-refractivity contribution in [1.82, 2.24) is 15.1 Å². The number of nitrogens with one attached hydrogen (secondary N) is 1. The lowest BCUT2D eigenvalue weighted by molar-refractivity contribution is -0.124. The molecular formula is C11H20N4O. The smallest absolute Gasteiger partial charge is 0.237 e. The third kappa shape index (κ3) is 3.34. The highest BCUT2D eigenvalue weighted by molar-refractivity contribution is 5.82. The van der Waals surface area contributed by atoms with Crippen molar-refractivity contribution in [1.29, 1.82) is 0 Å². The van der Waals surface area contributed by atoms with Crippen molar-refractivity contribution in [2.45, 2.75) is 33.4 Å². The number of hydrogen-bond acceptors (Lipinski definition) is 3. The van der Waals surface area contributed by atoms with Gasteiger partial charge in [0.25, 0.3) is 0 Å². The van der Waals surface area contributed by atoms with Crippen LogP contribution in [0.3, 0.4) is 0 Å². The van der Waals surface area contributed by atoms with Crippen molar-refractivity contribution in [2.24, 2.45) is 18.2 Å². The highest BCUT2D eigenvalue weighted by Crippen LogP contribution is 2.17. The molecular weight excluding hydrogens is 204 g/mol. The van der Waals surface area contributed by atoms with E-state index in [2.05, 4.69) is 10.4 Å². The van der Waals surface area contributed by atoms with Gasteiger partial charge in [-0.3, -0.25) is 9.48 Å². The molecule has 0 spiro atoms. The van der Waals surface area contributed by atoms with E-state index in [1.165, 1.54) is 0 Å². The lowest BCUT2D eigenvalue weighted by atomic mass is 9.87. The van der Waals surface area contributed by atoms with Crippen molar-refractivity contribution in [3.05, 3.63) is 18.0 Å². The minimum absolute atomic E-state index is 0.141. The van der Waals surface area contributed by atoms with Crippen LogP contribution in [0.1, 0.15) is 26.5 Å². The number of carbonyl (C=O) groups excluding carboxylic acids is 1. The SMILES string of the molecule is Cn1ccc(CNC(=O)C(N)C(C)(C)C)n1. The van der Waals surface area contributed by atoms with Crippen LogP contribution in [0, 0.1) is 5.41 Å². The van der Waals surface area contributed by atoms with E-state index in [0.29, 0.717) is 6.54 Å². The quantitative estimate of drug-likeness (QED) is 0.781. The van der Waals surface area contributed by atoms with E-state index in [1.807, 2.05) is 40.1 Å². The highest BCUT2D eigenvalue weighted by atomic mass is 16.2. The summed E-state index contributed by atoms with van der Waals surface area (Å²) in [7, 11) is 1.84. The molecule has 16 heavy (non-hydrogen) atoms. The summed E-state index contributed by atoms with van der Waals surface area (Å²) in [5.41, 5.74) is 6.43. The van der Waals surface area contributed by atoms with Crippen LogP contribution in [0.25, 0.3) is 0 Å². The van der Waals surface area contributed by atoms with Crippen molar-refractivity contribution >= 4 is 5.91 Å². The fourth-order valence-corrected chi connectivity index (χ4v) is 1.24. The molecule has 0 fully saturated rings. The zero-order chi connectivity index (χ0) is 12.3. The van der Waals surface area contributed by atoms with Gasteiger partial charge >= 0.3 is 0 Å². The second kappa shape index (κ2) is 4.65. The van der Waals surface area contributed by atoms with Gasteiger partial charge in [-0.25, -0.2) is 0 Å². The van der Waals surface area contributed by atoms with Crippen molar-refractivity contribution < 1.29 is 4.79 Å². The number of aromatic nitrogens is 2. The van der Waals surface area contributed by atoms with Crippen LogP contribution >= 0.6 is 0 Å². The summed E-state index contributed by atoms with van der Waals surface area (Å²) in [6.45, 7) is 6.25. The standard InChI is InChI=1S/C11H20N4O/c1-11(2,3)9(12)10(16)13-7-8-5-6-15(4)14-8/h5-6,9H,7,12H2,1-4H3,(H,13,16). The minimum Gasteiger partial charge on any atom is -0.349 e. The molecule has 1 amide bonds. The van der Waals surface area contributed by atoms with Gasteiger partial charge in [0.05, 0.1) is 18.3 Å². The highest BCUT2D eigenvalue weighted by Gasteiger charge is 2.27. The van der Waals surface area contributed by atoms with Crippen LogP contribution in [0.2, 0.25) is 0 Å². The maximum absolute atomic E-state index is 11.7. The number of aryl methyl sites for hydroxylation is 1. The summed E-state index contributed by atoms with van der Waals surface area (Å²) < 4.78 is 1.70. The number of amides is 1. The predicted octanol–water partition coefficient (Wildman–Crippen LogP) is 0.410. The molecule has 90 valence electrons. The largest absolute Gasteiger partial charge is 0.349 e. The molecule has 1 aromatic rings. The molecule has 0 aromatic carbocycles. The predicted molar refractivity (Wildman–Crippen MR) is 62.5 cm³/mol. The molecule has 1 unspecified atom stereocenters. The van der Waals surface area contributed by atoms with Gasteiger partial charge in [0.15, 0.2) is 0 Å². The first-order valence-corrected chi connectivity index (χ1v) is 5.32. The number of nitrogens with two attached hydrogens (primary N) is 1. The van der Waals surface area contributed by atoms with Gasteiger partial charge in [0, 0.05) is 13.2 Å². The van der Waals surface area contributed by atoms with Crippen LogP contribution in [-0.2, 0) is 18.4 Å². The average Bonchev–Trinajstić information content (AvgIpc) is 2.58. The third-order valence-corrected chi connectivity index (χ3v) is 2.43. The first-order chi connectivity index (χ1) is 7.30. The molecule has 0 aliphatic heterocycles. The Morgan fingerprint density at radius 3 is 2.69 bits per heavy atom. The van der Waals surface area contributed by atoms with E-state index in [0.717, 1.165) is 5.69 Å². The molecule has 0 saturated carbocycles. The molecule has 0 saturated heterocycles. The molecule has 5 nitrogen and oxygen atoms in total. The molecule has 0 aliphatic carbocycles. The Morgan fingerprint density at radius 1 is 1.62 bits per heavy atom. The Morgan fingerprint density at radius 2 is 2.25 bits per heavy atom. The number of nitrogens with zero attached hydrogens (tertiary/aromatic N) is 2. The van der Waals surface area contributed by atoms with E-state index in [9.17, 15) is 4.79 Å². The summed E-state index contributed by atoms with van der Waals surface area (Å²) in [6.07, 6.45) is 1.84. The maximum atomic E-state index is 11.7. The first kappa shape index (κ1) is 12.7. The first-order valence-electron chi connectivity index (χ1n) is 5.32. The Labute approximate surface area is 96.0 Å². The molecule has 1 heterocycles. The van der Waals surface area contributed by atoms with Crippen molar-refractivity contribution in [3.8, 4) is 0 Å². The lowest BCUT2D eigenvalue weighted by Crippen LogP contribution is -2.48. The molecule has 0 bridgehead atoms. The zero-order valence-corrected chi connectivity index (χ0v) is 10.3. The lowest BCUT2D eigenvalue weighted by Gasteiger charge is -2.25. The van der Waals surface area contributed by atoms with Crippen LogP contribution in [0.5, 0.6) is 0 Å². The molecule has 5 heteroatoms. The van der Waals surface area contributed by atoms with Gasteiger partial charge in [-0.05, 0) is 11.5 Å². The fraction of sp³-hybridized carbons (Fsp3) is 0.636. The van der Waals surface area contributed by atoms with E-state index in [1.54, 1.807) is 4.68 Å². The molecule has 1 atom stereocenters. The van der Waals surface area contributed by atoms with Gasteiger partial charge in [-0.2, -0.15) is 5.10 Å². The van der Waals surface area contributed by atoms with E-state index >= 15 is 0 Å². The summed E-state index contributed by atoms with van der Waals surface area (Å²) >= 11 is 0. The molecule has 0 radical (unpaired) electrons. The van der Waals surface area contributed by atoms with E-state index in [-0.39, 0.29) is 11.3 Å².